The fourth-order valence-electron chi connectivity index (χ4n) is 3.61. The van der Waals surface area contributed by atoms with Gasteiger partial charge in [-0.2, -0.15) is 4.98 Å². The number of anilines is 2. The van der Waals surface area contributed by atoms with Gasteiger partial charge >= 0.3 is 5.69 Å². The molecule has 1 aliphatic rings. The summed E-state index contributed by atoms with van der Waals surface area (Å²) in [4.78, 5) is 32.1. The van der Waals surface area contributed by atoms with Gasteiger partial charge in [0.25, 0.3) is 5.56 Å². The Morgan fingerprint density at radius 2 is 2.07 bits per heavy atom. The van der Waals surface area contributed by atoms with E-state index in [2.05, 4.69) is 11.6 Å². The summed E-state index contributed by atoms with van der Waals surface area (Å²) in [6, 6.07) is 5.94. The number of benzene rings is 1. The number of imidazole rings is 1. The molecule has 0 saturated heterocycles. The highest BCUT2D eigenvalue weighted by Crippen LogP contribution is 2.37. The summed E-state index contributed by atoms with van der Waals surface area (Å²) in [7, 11) is 3.26. The predicted molar refractivity (Wildman–Crippen MR) is 104 cm³/mol. The molecule has 0 aliphatic carbocycles. The number of rotatable bonds is 4. The van der Waals surface area contributed by atoms with Gasteiger partial charge in [-0.15, -0.1) is 6.58 Å². The van der Waals surface area contributed by atoms with Crippen LogP contribution in [0.5, 0.6) is 5.75 Å². The van der Waals surface area contributed by atoms with Crippen LogP contribution in [-0.2, 0) is 20.1 Å². The molecule has 140 valence electrons. The maximum absolute atomic E-state index is 12.9. The van der Waals surface area contributed by atoms with Crippen LogP contribution in [0.4, 0.5) is 11.6 Å². The van der Waals surface area contributed by atoms with Crippen LogP contribution >= 0.6 is 0 Å². The lowest BCUT2D eigenvalue weighted by Crippen LogP contribution is -2.39. The lowest BCUT2D eigenvalue weighted by atomic mass is 10.2. The van der Waals surface area contributed by atoms with Crippen LogP contribution in [0.1, 0.15) is 5.56 Å². The van der Waals surface area contributed by atoms with Crippen LogP contribution in [0.3, 0.4) is 0 Å². The van der Waals surface area contributed by atoms with Gasteiger partial charge in [-0.3, -0.25) is 13.9 Å². The average Bonchev–Trinajstić information content (AvgIpc) is 3.22. The van der Waals surface area contributed by atoms with Crippen LogP contribution in [0.15, 0.2) is 40.4 Å². The van der Waals surface area contributed by atoms with E-state index in [1.165, 1.54) is 9.13 Å². The molecule has 0 fully saturated rings. The maximum atomic E-state index is 12.9. The van der Waals surface area contributed by atoms with E-state index in [-0.39, 0.29) is 12.1 Å². The van der Waals surface area contributed by atoms with E-state index in [0.717, 1.165) is 17.0 Å². The molecule has 4 rings (SSSR count). The fourth-order valence-corrected chi connectivity index (χ4v) is 3.61. The van der Waals surface area contributed by atoms with Crippen molar-refractivity contribution >= 4 is 22.8 Å². The number of nitrogens with zero attached hydrogens (tertiary/aromatic N) is 5. The van der Waals surface area contributed by atoms with E-state index in [0.29, 0.717) is 30.2 Å². The third-order valence-corrected chi connectivity index (χ3v) is 4.94. The number of aromatic nitrogens is 4. The second-order valence-corrected chi connectivity index (χ2v) is 6.61. The number of ether oxygens (including phenoxy) is 1. The summed E-state index contributed by atoms with van der Waals surface area (Å²) >= 11 is 0. The van der Waals surface area contributed by atoms with Crippen molar-refractivity contribution in [3.8, 4) is 5.75 Å². The molecule has 3 aromatic rings. The van der Waals surface area contributed by atoms with E-state index >= 15 is 0 Å². The SMILES string of the molecule is C=CCn1c(=O)c2c(nc3n2CCN3c2cc(C)ccc2OC)n(C)c1=O. The second kappa shape index (κ2) is 6.15. The second-order valence-electron chi connectivity index (χ2n) is 6.61. The zero-order valence-corrected chi connectivity index (χ0v) is 15.6. The van der Waals surface area contributed by atoms with Crippen molar-refractivity contribution < 1.29 is 4.74 Å². The van der Waals surface area contributed by atoms with Gasteiger partial charge in [-0.25, -0.2) is 4.79 Å². The highest BCUT2D eigenvalue weighted by Gasteiger charge is 2.30. The molecule has 0 atom stereocenters. The predicted octanol–water partition coefficient (Wildman–Crippen LogP) is 1.55. The van der Waals surface area contributed by atoms with Crippen LogP contribution in [0, 0.1) is 6.92 Å². The zero-order valence-electron chi connectivity index (χ0n) is 15.6. The number of aryl methyl sites for hydroxylation is 2. The van der Waals surface area contributed by atoms with E-state index in [9.17, 15) is 9.59 Å². The van der Waals surface area contributed by atoms with E-state index in [4.69, 9.17) is 4.74 Å². The number of allylic oxidation sites excluding steroid dienone is 1. The molecule has 0 radical (unpaired) electrons. The van der Waals surface area contributed by atoms with Crippen LogP contribution in [0.2, 0.25) is 0 Å². The lowest BCUT2D eigenvalue weighted by molar-refractivity contribution is 0.415. The van der Waals surface area contributed by atoms with E-state index < -0.39 is 5.69 Å². The zero-order chi connectivity index (χ0) is 19.3. The quantitative estimate of drug-likeness (QED) is 0.654. The molecule has 27 heavy (non-hydrogen) atoms. The van der Waals surface area contributed by atoms with Gasteiger partial charge in [0.05, 0.1) is 12.8 Å². The molecule has 3 heterocycles. The molecular weight excluding hydrogens is 346 g/mol. The Balaban J connectivity index is 1.99. The van der Waals surface area contributed by atoms with Gasteiger partial charge in [0, 0.05) is 26.7 Å². The Kier molecular flexibility index (Phi) is 3.91. The summed E-state index contributed by atoms with van der Waals surface area (Å²) in [5.41, 5.74) is 2.07. The van der Waals surface area contributed by atoms with Gasteiger partial charge in [-0.1, -0.05) is 12.1 Å². The number of methoxy groups -OCH3 is 1. The average molecular weight is 367 g/mol. The highest BCUT2D eigenvalue weighted by molar-refractivity contribution is 5.79. The lowest BCUT2D eigenvalue weighted by Gasteiger charge is -2.19. The molecule has 0 unspecified atom stereocenters. The van der Waals surface area contributed by atoms with Crippen LogP contribution < -0.4 is 20.9 Å². The van der Waals surface area contributed by atoms with Crippen molar-refractivity contribution in [2.75, 3.05) is 18.6 Å². The summed E-state index contributed by atoms with van der Waals surface area (Å²) in [5.74, 6) is 1.37. The minimum atomic E-state index is -0.399. The normalized spacial score (nSPS) is 13.2. The molecule has 0 N–H and O–H groups in total. The molecule has 1 aromatic carbocycles. The van der Waals surface area contributed by atoms with Crippen molar-refractivity contribution in [2.24, 2.45) is 7.05 Å². The third kappa shape index (κ3) is 2.40. The van der Waals surface area contributed by atoms with E-state index in [1.807, 2.05) is 34.6 Å². The minimum absolute atomic E-state index is 0.164. The first-order valence-corrected chi connectivity index (χ1v) is 8.71. The Hall–Kier alpha value is -3.29. The van der Waals surface area contributed by atoms with E-state index in [1.54, 1.807) is 20.2 Å². The monoisotopic (exact) mass is 367 g/mol. The first-order valence-electron chi connectivity index (χ1n) is 8.71. The van der Waals surface area contributed by atoms with Crippen molar-refractivity contribution in [3.05, 3.63) is 57.3 Å². The molecule has 8 heteroatoms. The topological polar surface area (TPSA) is 74.3 Å². The molecular formula is C19H21N5O3. The summed E-state index contributed by atoms with van der Waals surface area (Å²) in [5, 5.41) is 0. The van der Waals surface area contributed by atoms with Gasteiger partial charge < -0.3 is 14.2 Å². The Morgan fingerprint density at radius 1 is 1.30 bits per heavy atom. The largest absolute Gasteiger partial charge is 0.495 e. The Morgan fingerprint density at radius 3 is 2.78 bits per heavy atom. The van der Waals surface area contributed by atoms with Gasteiger partial charge in [-0.05, 0) is 24.6 Å². The molecule has 0 spiro atoms. The molecule has 2 aromatic heterocycles. The molecule has 1 aliphatic heterocycles. The molecule has 0 bridgehead atoms. The van der Waals surface area contributed by atoms with Crippen LogP contribution in [-0.4, -0.2) is 32.3 Å². The standard InChI is InChI=1S/C19H21N5O3/c1-5-8-24-17(25)15-16(21(3)19(24)26)20-18-22(9-10-23(15)18)13-11-12(2)6-7-14(13)27-4/h5-7,11H,1,8-10H2,2-4H3. The number of fused-ring (bicyclic) bond motifs is 3. The first kappa shape index (κ1) is 17.1. The Labute approximate surface area is 155 Å². The van der Waals surface area contributed by atoms with Gasteiger partial charge in [0.15, 0.2) is 11.2 Å². The summed E-state index contributed by atoms with van der Waals surface area (Å²) < 4.78 is 9.98. The minimum Gasteiger partial charge on any atom is -0.495 e. The van der Waals surface area contributed by atoms with Crippen molar-refractivity contribution in [3.63, 3.8) is 0 Å². The van der Waals surface area contributed by atoms with Crippen molar-refractivity contribution in [2.45, 2.75) is 20.0 Å². The highest BCUT2D eigenvalue weighted by atomic mass is 16.5. The smallest absolute Gasteiger partial charge is 0.332 e. The van der Waals surface area contributed by atoms with Crippen LogP contribution in [0.25, 0.3) is 11.2 Å². The summed E-state index contributed by atoms with van der Waals surface area (Å²) in [6.45, 7) is 7.08. The first-order chi connectivity index (χ1) is 13.0. The van der Waals surface area contributed by atoms with Gasteiger partial charge in [0.2, 0.25) is 5.95 Å². The molecule has 8 nitrogen and oxygen atoms in total. The van der Waals surface area contributed by atoms with Crippen molar-refractivity contribution in [1.29, 1.82) is 0 Å². The Bertz CT molecular complexity index is 1180. The molecule has 0 amide bonds. The molecule has 0 saturated carbocycles. The fraction of sp³-hybridized carbons (Fsp3) is 0.316. The third-order valence-electron chi connectivity index (χ3n) is 4.94. The van der Waals surface area contributed by atoms with Gasteiger partial charge in [0.1, 0.15) is 5.75 Å². The maximum Gasteiger partial charge on any atom is 0.332 e. The van der Waals surface area contributed by atoms with Crippen molar-refractivity contribution in [1.82, 2.24) is 18.7 Å². The number of hydrogen-bond donors (Lipinski definition) is 0. The number of hydrogen-bond acceptors (Lipinski definition) is 5. The summed E-state index contributed by atoms with van der Waals surface area (Å²) in [6.07, 6.45) is 1.54.